The van der Waals surface area contributed by atoms with Crippen molar-refractivity contribution in [2.24, 2.45) is 0 Å². The smallest absolute Gasteiger partial charge is 0.327 e. The zero-order chi connectivity index (χ0) is 13.5. The van der Waals surface area contributed by atoms with Crippen molar-refractivity contribution in [3.05, 3.63) is 24.8 Å². The fourth-order valence-corrected chi connectivity index (χ4v) is 1.97. The summed E-state index contributed by atoms with van der Waals surface area (Å²) in [6.07, 6.45) is 18.7. The second-order valence-corrected chi connectivity index (χ2v) is 4.79. The van der Waals surface area contributed by atoms with Gasteiger partial charge < -0.3 is 5.11 Å². The average Bonchev–Trinajstić information content (AvgIpc) is 2.34. The molecule has 0 unspecified atom stereocenters. The van der Waals surface area contributed by atoms with Gasteiger partial charge in [0.15, 0.2) is 0 Å². The second-order valence-electron chi connectivity index (χ2n) is 4.79. The van der Waals surface area contributed by atoms with Crippen LogP contribution in [-0.2, 0) is 4.79 Å². The van der Waals surface area contributed by atoms with Crippen LogP contribution in [0.1, 0.15) is 70.6 Å². The maximum Gasteiger partial charge on any atom is 0.327 e. The van der Waals surface area contributed by atoms with E-state index in [9.17, 15) is 4.79 Å². The van der Waals surface area contributed by atoms with E-state index in [1.54, 1.807) is 6.08 Å². The summed E-state index contributed by atoms with van der Waals surface area (Å²) in [5.41, 5.74) is 0. The Labute approximate surface area is 112 Å². The number of hydrogen-bond donors (Lipinski definition) is 1. The van der Waals surface area contributed by atoms with E-state index in [0.29, 0.717) is 0 Å². The molecule has 0 saturated heterocycles. The molecule has 0 heterocycles. The number of carboxylic acid groups (broad SMARTS) is 1. The number of allylic oxidation sites excluding steroid dienone is 2. The monoisotopic (exact) mass is 252 g/mol. The van der Waals surface area contributed by atoms with E-state index in [-0.39, 0.29) is 0 Å². The highest BCUT2D eigenvalue weighted by molar-refractivity contribution is 5.79. The summed E-state index contributed by atoms with van der Waals surface area (Å²) in [6, 6.07) is 0. The molecule has 0 atom stereocenters. The largest absolute Gasteiger partial charge is 0.478 e. The molecule has 2 heteroatoms. The molecular weight excluding hydrogens is 224 g/mol. The van der Waals surface area contributed by atoms with Gasteiger partial charge in [0.2, 0.25) is 0 Å². The van der Waals surface area contributed by atoms with Crippen molar-refractivity contribution in [1.82, 2.24) is 0 Å². The third-order valence-electron chi connectivity index (χ3n) is 3.04. The van der Waals surface area contributed by atoms with Crippen molar-refractivity contribution < 1.29 is 9.90 Å². The van der Waals surface area contributed by atoms with Crippen molar-refractivity contribution >= 4 is 5.97 Å². The summed E-state index contributed by atoms with van der Waals surface area (Å²) >= 11 is 0. The molecule has 18 heavy (non-hydrogen) atoms. The lowest BCUT2D eigenvalue weighted by Gasteiger charge is -2.01. The van der Waals surface area contributed by atoms with Crippen molar-refractivity contribution in [2.45, 2.75) is 70.6 Å². The molecule has 104 valence electrons. The van der Waals surface area contributed by atoms with Crippen LogP contribution < -0.4 is 0 Å². The van der Waals surface area contributed by atoms with Gasteiger partial charge in [-0.2, -0.15) is 0 Å². The summed E-state index contributed by atoms with van der Waals surface area (Å²) < 4.78 is 0. The van der Waals surface area contributed by atoms with Crippen molar-refractivity contribution in [3.8, 4) is 0 Å². The molecule has 1 N–H and O–H groups in total. The Kier molecular flexibility index (Phi) is 13.2. The maximum atomic E-state index is 10.2. The minimum absolute atomic E-state index is 0.841. The van der Waals surface area contributed by atoms with E-state index >= 15 is 0 Å². The van der Waals surface area contributed by atoms with Crippen LogP contribution in [0.25, 0.3) is 0 Å². The molecule has 2 nitrogen and oxygen atoms in total. The van der Waals surface area contributed by atoms with Gasteiger partial charge in [-0.1, -0.05) is 57.1 Å². The number of unbranched alkanes of at least 4 members (excludes halogenated alkanes) is 10. The molecule has 0 aliphatic heterocycles. The first-order valence-electron chi connectivity index (χ1n) is 7.27. The quantitative estimate of drug-likeness (QED) is 0.281. The van der Waals surface area contributed by atoms with Gasteiger partial charge in [0, 0.05) is 6.08 Å². The number of rotatable bonds is 13. The Hall–Kier alpha value is -1.05. The number of aliphatic carboxylic acids is 1. The normalized spacial score (nSPS) is 10.9. The number of carbonyl (C=O) groups is 1. The van der Waals surface area contributed by atoms with Crippen LogP contribution in [0.15, 0.2) is 24.8 Å². The Morgan fingerprint density at radius 3 is 1.72 bits per heavy atom. The van der Waals surface area contributed by atoms with Gasteiger partial charge in [0.25, 0.3) is 0 Å². The van der Waals surface area contributed by atoms with E-state index in [4.69, 9.17) is 5.11 Å². The number of hydrogen-bond acceptors (Lipinski definition) is 1. The van der Waals surface area contributed by atoms with E-state index in [0.717, 1.165) is 19.3 Å². The third-order valence-corrected chi connectivity index (χ3v) is 3.04. The van der Waals surface area contributed by atoms with Crippen molar-refractivity contribution in [3.63, 3.8) is 0 Å². The van der Waals surface area contributed by atoms with Gasteiger partial charge >= 0.3 is 5.97 Å². The van der Waals surface area contributed by atoms with Crippen LogP contribution in [-0.4, -0.2) is 11.1 Å². The third kappa shape index (κ3) is 14.9. The van der Waals surface area contributed by atoms with Crippen LogP contribution in [0.3, 0.4) is 0 Å². The second kappa shape index (κ2) is 14.0. The Morgan fingerprint density at radius 2 is 1.28 bits per heavy atom. The first-order valence-corrected chi connectivity index (χ1v) is 7.27. The minimum Gasteiger partial charge on any atom is -0.478 e. The summed E-state index contributed by atoms with van der Waals surface area (Å²) in [7, 11) is 0. The van der Waals surface area contributed by atoms with Gasteiger partial charge in [-0.3, -0.25) is 0 Å². The van der Waals surface area contributed by atoms with E-state index in [1.807, 2.05) is 6.08 Å². The predicted octanol–water partition coefficient (Wildman–Crippen LogP) is 5.10. The first-order chi connectivity index (χ1) is 8.77. The molecule has 0 rings (SSSR count). The van der Waals surface area contributed by atoms with Crippen molar-refractivity contribution in [2.75, 3.05) is 0 Å². The molecule has 0 bridgehead atoms. The van der Waals surface area contributed by atoms with Gasteiger partial charge in [0.05, 0.1) is 0 Å². The molecule has 0 aliphatic carbocycles. The van der Waals surface area contributed by atoms with Crippen LogP contribution in [0, 0.1) is 0 Å². The summed E-state index contributed by atoms with van der Waals surface area (Å²) in [6.45, 7) is 3.72. The van der Waals surface area contributed by atoms with Crippen molar-refractivity contribution in [1.29, 1.82) is 0 Å². The summed E-state index contributed by atoms with van der Waals surface area (Å²) in [5.74, 6) is -0.841. The zero-order valence-corrected chi connectivity index (χ0v) is 11.6. The summed E-state index contributed by atoms with van der Waals surface area (Å²) in [4.78, 5) is 10.2. The van der Waals surface area contributed by atoms with Gasteiger partial charge in [0.1, 0.15) is 0 Å². The lowest BCUT2D eigenvalue weighted by molar-refractivity contribution is -0.131. The van der Waals surface area contributed by atoms with E-state index < -0.39 is 5.97 Å². The van der Waals surface area contributed by atoms with E-state index in [1.165, 1.54) is 57.4 Å². The molecule has 0 aromatic carbocycles. The molecule has 0 aromatic rings. The van der Waals surface area contributed by atoms with Gasteiger partial charge in [-0.15, -0.1) is 6.58 Å². The molecule has 0 saturated carbocycles. The predicted molar refractivity (Wildman–Crippen MR) is 77.8 cm³/mol. The van der Waals surface area contributed by atoms with Crippen LogP contribution in [0.2, 0.25) is 0 Å². The molecule has 0 spiro atoms. The van der Waals surface area contributed by atoms with Crippen LogP contribution in [0.5, 0.6) is 0 Å². The number of carboxylic acids is 1. The molecule has 0 radical (unpaired) electrons. The highest BCUT2D eigenvalue weighted by Gasteiger charge is 1.92. The van der Waals surface area contributed by atoms with Crippen LogP contribution in [0.4, 0.5) is 0 Å². The van der Waals surface area contributed by atoms with Gasteiger partial charge in [-0.05, 0) is 25.7 Å². The molecular formula is C16H28O2. The Morgan fingerprint density at radius 1 is 0.833 bits per heavy atom. The highest BCUT2D eigenvalue weighted by Crippen LogP contribution is 2.11. The molecule has 0 aliphatic rings. The lowest BCUT2D eigenvalue weighted by atomic mass is 10.1. The van der Waals surface area contributed by atoms with Gasteiger partial charge in [-0.25, -0.2) is 4.79 Å². The Balaban J connectivity index is 3.03. The van der Waals surface area contributed by atoms with E-state index in [2.05, 4.69) is 6.58 Å². The topological polar surface area (TPSA) is 37.3 Å². The minimum atomic E-state index is -0.841. The SMILES string of the molecule is C=CCCCCCCCCCCCC=CC(=O)O. The maximum absolute atomic E-state index is 10.2. The highest BCUT2D eigenvalue weighted by atomic mass is 16.4. The zero-order valence-electron chi connectivity index (χ0n) is 11.6. The average molecular weight is 252 g/mol. The fraction of sp³-hybridized carbons (Fsp3) is 0.688. The standard InChI is InChI=1S/C16H28O2/c1-2-3-4-5-6-7-8-9-10-11-12-13-14-15-16(17)18/h2,14-15H,1,3-13H2,(H,17,18). The first kappa shape index (κ1) is 16.9. The molecule has 0 amide bonds. The van der Waals surface area contributed by atoms with Crippen LogP contribution >= 0.6 is 0 Å². The Bertz CT molecular complexity index is 231. The molecule has 0 fully saturated rings. The molecule has 0 aromatic heterocycles. The fourth-order valence-electron chi connectivity index (χ4n) is 1.97. The lowest BCUT2D eigenvalue weighted by Crippen LogP contribution is -1.85. The summed E-state index contributed by atoms with van der Waals surface area (Å²) in [5, 5.41) is 8.40.